The fourth-order valence-corrected chi connectivity index (χ4v) is 2.27. The van der Waals surface area contributed by atoms with E-state index in [1.54, 1.807) is 38.1 Å². The molecule has 4 nitrogen and oxygen atoms in total. The number of imide groups is 1. The molecule has 0 aliphatic carbocycles. The lowest BCUT2D eigenvalue weighted by Crippen LogP contribution is -2.54. The highest BCUT2D eigenvalue weighted by Crippen LogP contribution is 2.33. The van der Waals surface area contributed by atoms with Gasteiger partial charge in [0.25, 0.3) is 0 Å². The first-order valence-corrected chi connectivity index (χ1v) is 5.90. The first kappa shape index (κ1) is 12.5. The Balaban J connectivity index is 2.34. The van der Waals surface area contributed by atoms with Crippen molar-refractivity contribution >= 4 is 17.6 Å². The zero-order valence-electron chi connectivity index (χ0n) is 10.4. The number of carbonyl (C=O) groups is 3. The lowest BCUT2D eigenvalue weighted by Gasteiger charge is -2.33. The lowest BCUT2D eigenvalue weighted by molar-refractivity contribution is -0.141. The summed E-state index contributed by atoms with van der Waals surface area (Å²) in [4.78, 5) is 35.8. The summed E-state index contributed by atoms with van der Waals surface area (Å²) in [5.74, 6) is -1.38. The van der Waals surface area contributed by atoms with Gasteiger partial charge in [-0.2, -0.15) is 0 Å². The zero-order chi connectivity index (χ0) is 13.3. The van der Waals surface area contributed by atoms with Gasteiger partial charge < -0.3 is 0 Å². The van der Waals surface area contributed by atoms with E-state index in [-0.39, 0.29) is 24.0 Å². The van der Waals surface area contributed by atoms with Gasteiger partial charge in [0.05, 0.1) is 0 Å². The third-order valence-corrected chi connectivity index (χ3v) is 3.44. The number of benzene rings is 1. The standard InChI is InChI=1S/C14H15NO3/c1-9-8-14(2,13(18)15-12(9)17)11(16)10-6-4-3-5-7-10/h3-7,9H,8H2,1-2H3,(H,15,17,18). The van der Waals surface area contributed by atoms with Gasteiger partial charge in [-0.05, 0) is 13.3 Å². The molecule has 1 heterocycles. The van der Waals surface area contributed by atoms with E-state index >= 15 is 0 Å². The molecular formula is C14H15NO3. The summed E-state index contributed by atoms with van der Waals surface area (Å²) in [5.41, 5.74) is -0.661. The number of Topliss-reactive ketones (excluding diaryl/α,β-unsaturated/α-hetero) is 1. The van der Waals surface area contributed by atoms with Gasteiger partial charge in [0.2, 0.25) is 11.8 Å². The highest BCUT2D eigenvalue weighted by Gasteiger charge is 2.47. The van der Waals surface area contributed by atoms with E-state index in [9.17, 15) is 14.4 Å². The van der Waals surface area contributed by atoms with Gasteiger partial charge in [-0.3, -0.25) is 19.7 Å². The molecule has 4 heteroatoms. The molecule has 0 aromatic heterocycles. The Morgan fingerprint density at radius 3 is 2.50 bits per heavy atom. The molecule has 18 heavy (non-hydrogen) atoms. The van der Waals surface area contributed by atoms with Crippen LogP contribution in [0.2, 0.25) is 0 Å². The minimum Gasteiger partial charge on any atom is -0.295 e. The average Bonchev–Trinajstić information content (AvgIpc) is 2.37. The fraction of sp³-hybridized carbons (Fsp3) is 0.357. The number of rotatable bonds is 2. The van der Waals surface area contributed by atoms with Crippen molar-refractivity contribution in [1.29, 1.82) is 0 Å². The smallest absolute Gasteiger partial charge is 0.240 e. The Bertz CT molecular complexity index is 509. The van der Waals surface area contributed by atoms with Crippen LogP contribution in [0.5, 0.6) is 0 Å². The van der Waals surface area contributed by atoms with E-state index in [2.05, 4.69) is 5.32 Å². The lowest BCUT2D eigenvalue weighted by atomic mass is 9.72. The zero-order valence-corrected chi connectivity index (χ0v) is 10.4. The summed E-state index contributed by atoms with van der Waals surface area (Å²) >= 11 is 0. The molecule has 1 aromatic carbocycles. The van der Waals surface area contributed by atoms with E-state index in [0.717, 1.165) is 0 Å². The van der Waals surface area contributed by atoms with Crippen molar-refractivity contribution in [3.05, 3.63) is 35.9 Å². The highest BCUT2D eigenvalue weighted by atomic mass is 16.2. The molecule has 2 atom stereocenters. The Hall–Kier alpha value is -1.97. The Morgan fingerprint density at radius 1 is 1.28 bits per heavy atom. The molecule has 1 aliphatic rings. The van der Waals surface area contributed by atoms with Crippen LogP contribution >= 0.6 is 0 Å². The number of hydrogen-bond acceptors (Lipinski definition) is 3. The molecule has 1 fully saturated rings. The minimum atomic E-state index is -1.16. The van der Waals surface area contributed by atoms with Crippen molar-refractivity contribution in [2.45, 2.75) is 20.3 Å². The topological polar surface area (TPSA) is 63.2 Å². The average molecular weight is 245 g/mol. The molecule has 1 aliphatic heterocycles. The van der Waals surface area contributed by atoms with E-state index < -0.39 is 11.3 Å². The van der Waals surface area contributed by atoms with Crippen LogP contribution < -0.4 is 5.32 Å². The predicted molar refractivity (Wildman–Crippen MR) is 65.8 cm³/mol. The van der Waals surface area contributed by atoms with E-state index in [1.165, 1.54) is 0 Å². The number of amides is 2. The van der Waals surface area contributed by atoms with Crippen LogP contribution in [-0.4, -0.2) is 17.6 Å². The van der Waals surface area contributed by atoms with Crippen LogP contribution in [0.1, 0.15) is 30.6 Å². The third kappa shape index (κ3) is 1.94. The van der Waals surface area contributed by atoms with Gasteiger partial charge in [-0.25, -0.2) is 0 Å². The number of ketones is 1. The second-order valence-electron chi connectivity index (χ2n) is 4.95. The molecule has 1 aromatic rings. The molecule has 0 spiro atoms. The number of hydrogen-bond donors (Lipinski definition) is 1. The van der Waals surface area contributed by atoms with E-state index in [0.29, 0.717) is 5.56 Å². The van der Waals surface area contributed by atoms with Gasteiger partial charge in [0.15, 0.2) is 5.78 Å². The van der Waals surface area contributed by atoms with Crippen LogP contribution in [0, 0.1) is 11.3 Å². The second-order valence-corrected chi connectivity index (χ2v) is 4.95. The summed E-state index contributed by atoms with van der Waals surface area (Å²) in [6, 6.07) is 8.69. The summed E-state index contributed by atoms with van der Waals surface area (Å²) in [7, 11) is 0. The van der Waals surface area contributed by atoms with Crippen LogP contribution in [0.4, 0.5) is 0 Å². The third-order valence-electron chi connectivity index (χ3n) is 3.44. The maximum atomic E-state index is 12.4. The molecule has 1 N–H and O–H groups in total. The first-order chi connectivity index (χ1) is 8.45. The number of piperidine rings is 1. The van der Waals surface area contributed by atoms with Crippen molar-refractivity contribution in [3.8, 4) is 0 Å². The Kier molecular flexibility index (Phi) is 3.03. The molecule has 2 amide bonds. The van der Waals surface area contributed by atoms with Crippen molar-refractivity contribution < 1.29 is 14.4 Å². The highest BCUT2D eigenvalue weighted by molar-refractivity contribution is 6.18. The molecule has 1 saturated heterocycles. The maximum Gasteiger partial charge on any atom is 0.240 e. The molecule has 94 valence electrons. The van der Waals surface area contributed by atoms with Gasteiger partial charge >= 0.3 is 0 Å². The van der Waals surface area contributed by atoms with Crippen LogP contribution in [0.3, 0.4) is 0 Å². The predicted octanol–water partition coefficient (Wildman–Crippen LogP) is 1.56. The molecule has 0 saturated carbocycles. The largest absolute Gasteiger partial charge is 0.295 e. The van der Waals surface area contributed by atoms with Gasteiger partial charge in [-0.15, -0.1) is 0 Å². The fourth-order valence-electron chi connectivity index (χ4n) is 2.27. The normalized spacial score (nSPS) is 27.8. The van der Waals surface area contributed by atoms with Crippen LogP contribution in [0.15, 0.2) is 30.3 Å². The molecule has 0 radical (unpaired) electrons. The van der Waals surface area contributed by atoms with Crippen molar-refractivity contribution in [3.63, 3.8) is 0 Å². The Labute approximate surface area is 105 Å². The van der Waals surface area contributed by atoms with Gasteiger partial charge in [0.1, 0.15) is 5.41 Å². The second kappa shape index (κ2) is 4.37. The number of carbonyl (C=O) groups excluding carboxylic acids is 3. The Morgan fingerprint density at radius 2 is 1.89 bits per heavy atom. The molecular weight excluding hydrogens is 230 g/mol. The molecule has 2 rings (SSSR count). The SMILES string of the molecule is CC1CC(C)(C(=O)c2ccccc2)C(=O)NC1=O. The van der Waals surface area contributed by atoms with Crippen molar-refractivity contribution in [2.24, 2.45) is 11.3 Å². The summed E-state index contributed by atoms with van der Waals surface area (Å²) in [5, 5.41) is 2.27. The summed E-state index contributed by atoms with van der Waals surface area (Å²) in [6.07, 6.45) is 0.255. The van der Waals surface area contributed by atoms with Gasteiger partial charge in [-0.1, -0.05) is 37.3 Å². The molecule has 2 unspecified atom stereocenters. The van der Waals surface area contributed by atoms with E-state index in [4.69, 9.17) is 0 Å². The van der Waals surface area contributed by atoms with Gasteiger partial charge in [0, 0.05) is 11.5 Å². The van der Waals surface area contributed by atoms with Crippen LogP contribution in [0.25, 0.3) is 0 Å². The maximum absolute atomic E-state index is 12.4. The minimum absolute atomic E-state index is 0.236. The van der Waals surface area contributed by atoms with Crippen molar-refractivity contribution in [1.82, 2.24) is 5.32 Å². The molecule has 0 bridgehead atoms. The monoisotopic (exact) mass is 245 g/mol. The number of nitrogens with one attached hydrogen (secondary N) is 1. The van der Waals surface area contributed by atoms with E-state index in [1.807, 2.05) is 6.07 Å². The van der Waals surface area contributed by atoms with Crippen molar-refractivity contribution in [2.75, 3.05) is 0 Å². The summed E-state index contributed by atoms with van der Waals surface area (Å²) in [6.45, 7) is 3.32. The summed E-state index contributed by atoms with van der Waals surface area (Å²) < 4.78 is 0. The van der Waals surface area contributed by atoms with Crippen LogP contribution in [-0.2, 0) is 9.59 Å². The first-order valence-electron chi connectivity index (χ1n) is 5.90. The quantitative estimate of drug-likeness (QED) is 0.488.